The second-order valence-corrected chi connectivity index (χ2v) is 3.25. The van der Waals surface area contributed by atoms with Crippen molar-refractivity contribution < 1.29 is 19.7 Å². The largest absolute Gasteiger partial charge is 0.480 e. The van der Waals surface area contributed by atoms with Gasteiger partial charge in [0.1, 0.15) is 11.3 Å². The van der Waals surface area contributed by atoms with E-state index in [1.165, 1.54) is 0 Å². The van der Waals surface area contributed by atoms with Crippen molar-refractivity contribution in [1.82, 2.24) is 0 Å². The molecule has 2 N–H and O–H groups in total. The molecular weight excluding hydrogens is 208 g/mol. The second kappa shape index (κ2) is 5.80. The van der Waals surface area contributed by atoms with Gasteiger partial charge in [-0.3, -0.25) is 0 Å². The monoisotopic (exact) mass is 222 g/mol. The zero-order chi connectivity index (χ0) is 12.0. The molecule has 4 heteroatoms. The van der Waals surface area contributed by atoms with Gasteiger partial charge in [-0.2, -0.15) is 0 Å². The van der Waals surface area contributed by atoms with E-state index in [4.69, 9.17) is 9.84 Å². The Morgan fingerprint density at radius 3 is 2.38 bits per heavy atom. The third kappa shape index (κ3) is 3.31. The summed E-state index contributed by atoms with van der Waals surface area (Å²) in [6.07, 6.45) is 0.901. The number of carbonyl (C=O) groups is 1. The minimum atomic E-state index is -1.16. The van der Waals surface area contributed by atoms with Gasteiger partial charge in [0, 0.05) is 0 Å². The number of hydrogen-bond donors (Lipinski definition) is 2. The van der Waals surface area contributed by atoms with E-state index in [9.17, 15) is 9.90 Å². The Hall–Kier alpha value is -1.97. The fourth-order valence-corrected chi connectivity index (χ4v) is 1.22. The van der Waals surface area contributed by atoms with Crippen molar-refractivity contribution in [2.24, 2.45) is 0 Å². The van der Waals surface area contributed by atoms with Crippen LogP contribution in [0.25, 0.3) is 0 Å². The van der Waals surface area contributed by atoms with Crippen molar-refractivity contribution in [1.29, 1.82) is 0 Å². The Morgan fingerprint density at radius 1 is 1.25 bits per heavy atom. The zero-order valence-corrected chi connectivity index (χ0v) is 9.01. The van der Waals surface area contributed by atoms with Crippen LogP contribution < -0.4 is 4.74 Å². The summed E-state index contributed by atoms with van der Waals surface area (Å²) in [6, 6.07) is 8.56. The van der Waals surface area contributed by atoms with Gasteiger partial charge in [-0.05, 0) is 18.6 Å². The number of ether oxygens (including phenoxy) is 1. The molecule has 0 atom stereocenters. The van der Waals surface area contributed by atoms with E-state index in [0.717, 1.165) is 0 Å². The molecule has 4 nitrogen and oxygen atoms in total. The molecule has 86 valence electrons. The van der Waals surface area contributed by atoms with Gasteiger partial charge in [0.2, 0.25) is 0 Å². The van der Waals surface area contributed by atoms with Crippen LogP contribution in [0, 0.1) is 0 Å². The summed E-state index contributed by atoms with van der Waals surface area (Å²) in [4.78, 5) is 10.8. The van der Waals surface area contributed by atoms with Crippen molar-refractivity contribution in [3.8, 4) is 5.75 Å². The SMILES string of the molecule is CCCC(C(=O)O)=C(O)Oc1ccccc1. The summed E-state index contributed by atoms with van der Waals surface area (Å²) in [5.74, 6) is -1.29. The first kappa shape index (κ1) is 12.1. The molecule has 0 bridgehead atoms. The lowest BCUT2D eigenvalue weighted by molar-refractivity contribution is -0.133. The summed E-state index contributed by atoms with van der Waals surface area (Å²) < 4.78 is 5.04. The predicted octanol–water partition coefficient (Wildman–Crippen LogP) is 2.72. The van der Waals surface area contributed by atoms with Gasteiger partial charge >= 0.3 is 5.97 Å². The standard InChI is InChI=1S/C12H14O4/c1-2-6-10(11(13)14)12(15)16-9-7-4-3-5-8-9/h3-5,7-8,15H,2,6H2,1H3,(H,13,14). The van der Waals surface area contributed by atoms with Crippen molar-refractivity contribution >= 4 is 5.97 Å². The third-order valence-electron chi connectivity index (χ3n) is 1.97. The summed E-state index contributed by atoms with van der Waals surface area (Å²) in [6.45, 7) is 1.83. The number of rotatable bonds is 5. The minimum Gasteiger partial charge on any atom is -0.480 e. The molecule has 0 unspecified atom stereocenters. The van der Waals surface area contributed by atoms with Gasteiger partial charge in [-0.15, -0.1) is 0 Å². The first-order valence-electron chi connectivity index (χ1n) is 5.03. The topological polar surface area (TPSA) is 66.8 Å². The van der Waals surface area contributed by atoms with Crippen molar-refractivity contribution in [2.75, 3.05) is 0 Å². The Balaban J connectivity index is 2.85. The Kier molecular flexibility index (Phi) is 4.39. The van der Waals surface area contributed by atoms with Gasteiger partial charge in [0.15, 0.2) is 0 Å². The molecule has 0 aliphatic heterocycles. The van der Waals surface area contributed by atoms with E-state index in [0.29, 0.717) is 12.2 Å². The average molecular weight is 222 g/mol. The van der Waals surface area contributed by atoms with Gasteiger partial charge in [0.25, 0.3) is 5.95 Å². The Morgan fingerprint density at radius 2 is 1.88 bits per heavy atom. The number of aliphatic hydroxyl groups excluding tert-OH is 1. The summed E-state index contributed by atoms with van der Waals surface area (Å²) >= 11 is 0. The molecule has 0 saturated carbocycles. The van der Waals surface area contributed by atoms with Crippen LogP contribution in [0.15, 0.2) is 41.9 Å². The second-order valence-electron chi connectivity index (χ2n) is 3.25. The molecule has 0 radical (unpaired) electrons. The quantitative estimate of drug-likeness (QED) is 0.593. The number of carboxylic acids is 1. The Labute approximate surface area is 93.8 Å². The maximum absolute atomic E-state index is 10.8. The highest BCUT2D eigenvalue weighted by Crippen LogP contribution is 2.16. The fourth-order valence-electron chi connectivity index (χ4n) is 1.22. The van der Waals surface area contributed by atoms with Gasteiger partial charge in [-0.25, -0.2) is 4.79 Å². The zero-order valence-electron chi connectivity index (χ0n) is 9.01. The first-order valence-corrected chi connectivity index (χ1v) is 5.03. The molecule has 0 heterocycles. The summed E-state index contributed by atoms with van der Waals surface area (Å²) in [5.41, 5.74) is -0.105. The molecule has 1 rings (SSSR count). The number of hydrogen-bond acceptors (Lipinski definition) is 3. The lowest BCUT2D eigenvalue weighted by Gasteiger charge is -2.07. The predicted molar refractivity (Wildman–Crippen MR) is 59.3 cm³/mol. The van der Waals surface area contributed by atoms with Crippen molar-refractivity contribution in [3.63, 3.8) is 0 Å². The molecular formula is C12H14O4. The molecule has 16 heavy (non-hydrogen) atoms. The molecule has 1 aromatic carbocycles. The number of benzene rings is 1. The highest BCUT2D eigenvalue weighted by atomic mass is 16.6. The highest BCUT2D eigenvalue weighted by molar-refractivity contribution is 5.86. The minimum absolute atomic E-state index is 0.105. The summed E-state index contributed by atoms with van der Waals surface area (Å²) in [5, 5.41) is 18.4. The van der Waals surface area contributed by atoms with Crippen LogP contribution in [-0.2, 0) is 4.79 Å². The lowest BCUT2D eigenvalue weighted by atomic mass is 10.1. The van der Waals surface area contributed by atoms with E-state index in [1.54, 1.807) is 30.3 Å². The number of aliphatic carboxylic acids is 1. The molecule has 0 saturated heterocycles. The van der Waals surface area contributed by atoms with Crippen molar-refractivity contribution in [2.45, 2.75) is 19.8 Å². The van der Waals surface area contributed by atoms with Crippen LogP contribution in [0.3, 0.4) is 0 Å². The van der Waals surface area contributed by atoms with E-state index in [-0.39, 0.29) is 12.0 Å². The van der Waals surface area contributed by atoms with Gasteiger partial charge in [-0.1, -0.05) is 31.5 Å². The van der Waals surface area contributed by atoms with E-state index in [2.05, 4.69) is 0 Å². The molecule has 0 aromatic heterocycles. The third-order valence-corrected chi connectivity index (χ3v) is 1.97. The number of aliphatic hydroxyl groups is 1. The van der Waals surface area contributed by atoms with Gasteiger partial charge < -0.3 is 14.9 Å². The normalized spacial score (nSPS) is 11.8. The average Bonchev–Trinajstić information content (AvgIpc) is 2.26. The van der Waals surface area contributed by atoms with Crippen LogP contribution in [-0.4, -0.2) is 16.2 Å². The number of para-hydroxylation sites is 1. The Bertz CT molecular complexity index is 381. The smallest absolute Gasteiger partial charge is 0.338 e. The van der Waals surface area contributed by atoms with Gasteiger partial charge in [0.05, 0.1) is 0 Å². The molecule has 0 aliphatic rings. The van der Waals surface area contributed by atoms with Crippen LogP contribution in [0.4, 0.5) is 0 Å². The molecule has 0 spiro atoms. The van der Waals surface area contributed by atoms with Crippen LogP contribution >= 0.6 is 0 Å². The molecule has 1 aromatic rings. The van der Waals surface area contributed by atoms with E-state index in [1.807, 2.05) is 6.92 Å². The van der Waals surface area contributed by atoms with Crippen molar-refractivity contribution in [3.05, 3.63) is 41.9 Å². The first-order chi connectivity index (χ1) is 7.65. The maximum Gasteiger partial charge on any atom is 0.338 e. The fraction of sp³-hybridized carbons (Fsp3) is 0.250. The highest BCUT2D eigenvalue weighted by Gasteiger charge is 2.15. The van der Waals surface area contributed by atoms with E-state index < -0.39 is 11.9 Å². The molecule has 0 amide bonds. The van der Waals surface area contributed by atoms with Crippen LogP contribution in [0.5, 0.6) is 5.75 Å². The van der Waals surface area contributed by atoms with E-state index >= 15 is 0 Å². The summed E-state index contributed by atoms with van der Waals surface area (Å²) in [7, 11) is 0. The van der Waals surface area contributed by atoms with Crippen LogP contribution in [0.2, 0.25) is 0 Å². The number of carboxylic acid groups (broad SMARTS) is 1. The maximum atomic E-state index is 10.8. The molecule has 0 aliphatic carbocycles. The van der Waals surface area contributed by atoms with Crippen LogP contribution in [0.1, 0.15) is 19.8 Å². The lowest BCUT2D eigenvalue weighted by Crippen LogP contribution is -2.08. The molecule has 0 fully saturated rings.